The van der Waals surface area contributed by atoms with Crippen molar-refractivity contribution in [2.24, 2.45) is 0 Å². The lowest BCUT2D eigenvalue weighted by atomic mass is 10.2. The number of rotatable bonds is 7. The molecule has 1 aromatic heterocycles. The van der Waals surface area contributed by atoms with Crippen LogP contribution in [0.25, 0.3) is 0 Å². The molecule has 0 bridgehead atoms. The molecule has 1 heterocycles. The highest BCUT2D eigenvalue weighted by atomic mass is 32.2. The van der Waals surface area contributed by atoms with E-state index in [-0.39, 0.29) is 22.0 Å². The van der Waals surface area contributed by atoms with Gasteiger partial charge in [-0.05, 0) is 48.7 Å². The first kappa shape index (κ1) is 29.1. The smallest absolute Gasteiger partial charge is 0.478 e. The summed E-state index contributed by atoms with van der Waals surface area (Å²) in [5, 5.41) is 16.8. The number of benzene rings is 2. The predicted octanol–water partition coefficient (Wildman–Crippen LogP) is 4.47. The van der Waals surface area contributed by atoms with Gasteiger partial charge in [-0.25, -0.2) is 23.0 Å². The van der Waals surface area contributed by atoms with Crippen LogP contribution in [-0.4, -0.2) is 48.8 Å². The maximum absolute atomic E-state index is 12.8. The summed E-state index contributed by atoms with van der Waals surface area (Å²) < 4.78 is 59.7. The van der Waals surface area contributed by atoms with Gasteiger partial charge in [0.25, 0.3) is 10.0 Å². The first-order valence-corrected chi connectivity index (χ1v) is 12.0. The van der Waals surface area contributed by atoms with Crippen LogP contribution in [0.3, 0.4) is 0 Å². The number of nitrogens with zero attached hydrogens (tertiary/aromatic N) is 2. The van der Waals surface area contributed by atoms with Crippen molar-refractivity contribution in [3.63, 3.8) is 0 Å². The molecule has 0 aliphatic heterocycles. The minimum atomic E-state index is -5.08. The van der Waals surface area contributed by atoms with Crippen LogP contribution in [0.4, 0.5) is 24.7 Å². The number of pyridine rings is 1. The maximum Gasteiger partial charge on any atom is 0.490 e. The molecule has 0 aliphatic rings. The zero-order chi connectivity index (χ0) is 28.0. The number of anilines is 2. The van der Waals surface area contributed by atoms with Crippen LogP contribution in [-0.2, 0) is 21.4 Å². The van der Waals surface area contributed by atoms with Gasteiger partial charge in [0.05, 0.1) is 16.8 Å². The molecule has 3 aromatic rings. The number of alkyl halides is 3. The minimum Gasteiger partial charge on any atom is -0.478 e. The van der Waals surface area contributed by atoms with Crippen molar-refractivity contribution in [1.82, 2.24) is 4.98 Å². The molecule has 198 valence electrons. The zero-order valence-corrected chi connectivity index (χ0v) is 20.8. The summed E-state index contributed by atoms with van der Waals surface area (Å²) in [6.07, 6.45) is -3.76. The fourth-order valence-electron chi connectivity index (χ4n) is 3.21. The van der Waals surface area contributed by atoms with Gasteiger partial charge < -0.3 is 15.1 Å². The van der Waals surface area contributed by atoms with Gasteiger partial charge in [0, 0.05) is 13.6 Å². The summed E-state index contributed by atoms with van der Waals surface area (Å²) in [6, 6.07) is 15.9. The van der Waals surface area contributed by atoms with Crippen molar-refractivity contribution in [2.75, 3.05) is 16.7 Å². The van der Waals surface area contributed by atoms with Crippen LogP contribution in [0, 0.1) is 13.8 Å². The van der Waals surface area contributed by atoms with E-state index in [2.05, 4.69) is 9.71 Å². The first-order chi connectivity index (χ1) is 17.1. The number of aromatic nitrogens is 1. The summed E-state index contributed by atoms with van der Waals surface area (Å²) in [4.78, 5) is 26.8. The number of aromatic carboxylic acids is 1. The van der Waals surface area contributed by atoms with E-state index < -0.39 is 28.1 Å². The van der Waals surface area contributed by atoms with E-state index in [0.29, 0.717) is 6.54 Å². The van der Waals surface area contributed by atoms with E-state index >= 15 is 0 Å². The first-order valence-electron chi connectivity index (χ1n) is 10.5. The monoisotopic (exact) mass is 539 g/mol. The Bertz CT molecular complexity index is 1360. The molecule has 0 aliphatic carbocycles. The van der Waals surface area contributed by atoms with E-state index in [4.69, 9.17) is 9.90 Å². The summed E-state index contributed by atoms with van der Waals surface area (Å²) >= 11 is 0. The van der Waals surface area contributed by atoms with E-state index in [1.165, 1.54) is 12.3 Å². The molecule has 13 heteroatoms. The molecule has 0 saturated heterocycles. The number of hydrogen-bond donors (Lipinski definition) is 3. The molecule has 37 heavy (non-hydrogen) atoms. The lowest BCUT2D eigenvalue weighted by Crippen LogP contribution is -2.21. The molecule has 0 fully saturated rings. The minimum absolute atomic E-state index is 0.0865. The predicted molar refractivity (Wildman–Crippen MR) is 130 cm³/mol. The van der Waals surface area contributed by atoms with Gasteiger partial charge in [0.2, 0.25) is 0 Å². The van der Waals surface area contributed by atoms with Gasteiger partial charge in [-0.15, -0.1) is 0 Å². The van der Waals surface area contributed by atoms with E-state index in [1.807, 2.05) is 50.2 Å². The average molecular weight is 540 g/mol. The molecular weight excluding hydrogens is 515 g/mol. The largest absolute Gasteiger partial charge is 0.490 e. The van der Waals surface area contributed by atoms with Gasteiger partial charge >= 0.3 is 18.1 Å². The number of hydrogen-bond acceptors (Lipinski definition) is 6. The average Bonchev–Trinajstić information content (AvgIpc) is 2.78. The Morgan fingerprint density at radius 1 is 1.00 bits per heavy atom. The number of aryl methyl sites for hydroxylation is 2. The number of carboxylic acids is 2. The summed E-state index contributed by atoms with van der Waals surface area (Å²) in [7, 11) is -2.14. The van der Waals surface area contributed by atoms with Crippen LogP contribution in [0.5, 0.6) is 0 Å². The van der Waals surface area contributed by atoms with E-state index in [1.54, 1.807) is 24.1 Å². The number of carboxylic acid groups (broad SMARTS) is 2. The molecule has 9 nitrogen and oxygen atoms in total. The molecule has 2 aromatic carbocycles. The highest BCUT2D eigenvalue weighted by Gasteiger charge is 2.38. The van der Waals surface area contributed by atoms with Gasteiger partial charge in [0.1, 0.15) is 11.4 Å². The molecule has 3 N–H and O–H groups in total. The maximum atomic E-state index is 12.8. The van der Waals surface area contributed by atoms with E-state index in [0.717, 1.165) is 16.7 Å². The summed E-state index contributed by atoms with van der Waals surface area (Å²) in [6.45, 7) is 4.09. The Labute approximate surface area is 211 Å². The van der Waals surface area contributed by atoms with Crippen LogP contribution in [0.15, 0.2) is 65.7 Å². The van der Waals surface area contributed by atoms with Crippen molar-refractivity contribution < 1.29 is 41.4 Å². The van der Waals surface area contributed by atoms with Crippen LogP contribution >= 0.6 is 0 Å². The topological polar surface area (TPSA) is 137 Å². The van der Waals surface area contributed by atoms with E-state index in [9.17, 15) is 31.5 Å². The van der Waals surface area contributed by atoms with Gasteiger partial charge in [-0.2, -0.15) is 13.2 Å². The lowest BCUT2D eigenvalue weighted by Gasteiger charge is -2.21. The quantitative estimate of drug-likeness (QED) is 0.400. The second kappa shape index (κ2) is 11.7. The second-order valence-electron chi connectivity index (χ2n) is 7.97. The summed E-state index contributed by atoms with van der Waals surface area (Å²) in [5.41, 5.74) is 2.63. The van der Waals surface area contributed by atoms with Gasteiger partial charge in [-0.3, -0.25) is 4.72 Å². The molecular formula is C24H24F3N3O6S. The van der Waals surface area contributed by atoms with Crippen LogP contribution in [0.2, 0.25) is 0 Å². The molecule has 0 saturated carbocycles. The fourth-order valence-corrected chi connectivity index (χ4v) is 4.43. The Kier molecular flexibility index (Phi) is 9.23. The van der Waals surface area contributed by atoms with Gasteiger partial charge in [0.15, 0.2) is 0 Å². The third kappa shape index (κ3) is 8.49. The zero-order valence-electron chi connectivity index (χ0n) is 19.9. The molecule has 0 unspecified atom stereocenters. The van der Waals surface area contributed by atoms with Crippen molar-refractivity contribution >= 4 is 33.5 Å². The van der Waals surface area contributed by atoms with Gasteiger partial charge in [-0.1, -0.05) is 36.4 Å². The Morgan fingerprint density at radius 2 is 1.54 bits per heavy atom. The highest BCUT2D eigenvalue weighted by molar-refractivity contribution is 7.92. The third-order valence-electron chi connectivity index (χ3n) is 4.72. The summed E-state index contributed by atoms with van der Waals surface area (Å²) in [5.74, 6) is -3.70. The Morgan fingerprint density at radius 3 is 2.03 bits per heavy atom. The number of sulfonamides is 1. The van der Waals surface area contributed by atoms with Crippen molar-refractivity contribution in [2.45, 2.75) is 31.5 Å². The highest BCUT2D eigenvalue weighted by Crippen LogP contribution is 2.24. The third-order valence-corrected chi connectivity index (χ3v) is 6.08. The molecule has 0 spiro atoms. The molecule has 0 atom stereocenters. The number of nitrogens with one attached hydrogen (secondary N) is 1. The standard InChI is InChI=1S/C22H23N3O4S.C2HF3O2/c1-15-9-16(2)11-19(10-15)30(28,29)24-18-12-20(22(26)27)21(23-13-18)25(3)14-17-7-5-4-6-8-17;3-2(4,5)1(6)7/h4-13,24H,14H2,1-3H3,(H,26,27);(H,6,7). The molecule has 0 radical (unpaired) electrons. The molecule has 0 amide bonds. The Hall–Kier alpha value is -4.13. The Balaban J connectivity index is 0.000000604. The van der Waals surface area contributed by atoms with Crippen molar-refractivity contribution in [1.29, 1.82) is 0 Å². The fraction of sp³-hybridized carbons (Fsp3) is 0.208. The lowest BCUT2D eigenvalue weighted by molar-refractivity contribution is -0.192. The number of aliphatic carboxylic acids is 1. The molecule has 3 rings (SSSR count). The number of halogens is 3. The SMILES string of the molecule is Cc1cc(C)cc(S(=O)(=O)Nc2cnc(N(C)Cc3ccccc3)c(C(=O)O)c2)c1.O=C(O)C(F)(F)F. The normalized spacial score (nSPS) is 11.2. The number of carbonyl (C=O) groups is 2. The van der Waals surface area contributed by atoms with Crippen molar-refractivity contribution in [3.05, 3.63) is 83.0 Å². The van der Waals surface area contributed by atoms with Crippen molar-refractivity contribution in [3.8, 4) is 0 Å². The van der Waals surface area contributed by atoms with Crippen LogP contribution < -0.4 is 9.62 Å². The van der Waals surface area contributed by atoms with Crippen LogP contribution in [0.1, 0.15) is 27.0 Å². The second-order valence-corrected chi connectivity index (χ2v) is 9.66.